The van der Waals surface area contributed by atoms with E-state index in [9.17, 15) is 4.79 Å². The first-order chi connectivity index (χ1) is 12.6. The number of hydrogen-bond donors (Lipinski definition) is 2. The molecule has 1 aromatic heterocycles. The molecule has 142 valence electrons. The molecule has 7 heteroatoms. The Bertz CT molecular complexity index is 942. The molecule has 0 unspecified atom stereocenters. The number of halogens is 1. The lowest BCUT2D eigenvalue weighted by Gasteiger charge is -2.12. The maximum absolute atomic E-state index is 12.3. The van der Waals surface area contributed by atoms with Gasteiger partial charge in [0, 0.05) is 17.8 Å². The summed E-state index contributed by atoms with van der Waals surface area (Å²) in [6.45, 7) is 2.54. The number of nitrogens with two attached hydrogens (primary N) is 1. The van der Waals surface area contributed by atoms with Crippen LogP contribution in [0.25, 0.3) is 20.8 Å². The van der Waals surface area contributed by atoms with E-state index in [1.54, 1.807) is 11.3 Å². The standard InChI is InChI=1S/C20H21N3O2S.ClH/c1-12-2-8-16-18(10-12)26-20(23-16)13-3-5-14(6-4-13)22-19(24)17-9-7-15(11-21)25-17;/h2-6,8,10,15,17H,7,9,11,21H2,1H3,(H,22,24);1H/t15-,17+;/m1./s1. The Kier molecular flexibility index (Phi) is 6.11. The summed E-state index contributed by atoms with van der Waals surface area (Å²) < 4.78 is 6.82. The molecule has 2 atom stereocenters. The molecule has 2 aromatic carbocycles. The van der Waals surface area contributed by atoms with Gasteiger partial charge in [-0.3, -0.25) is 4.79 Å². The number of benzene rings is 2. The predicted molar refractivity (Wildman–Crippen MR) is 113 cm³/mol. The fourth-order valence-corrected chi connectivity index (χ4v) is 4.22. The van der Waals surface area contributed by atoms with Gasteiger partial charge in [0.1, 0.15) is 11.1 Å². The van der Waals surface area contributed by atoms with Crippen molar-refractivity contribution < 1.29 is 9.53 Å². The number of carbonyl (C=O) groups excluding carboxylic acids is 1. The van der Waals surface area contributed by atoms with Crippen molar-refractivity contribution in [1.29, 1.82) is 0 Å². The zero-order valence-electron chi connectivity index (χ0n) is 15.0. The molecule has 5 nitrogen and oxygen atoms in total. The molecular weight excluding hydrogens is 382 g/mol. The molecule has 3 aromatic rings. The lowest BCUT2D eigenvalue weighted by molar-refractivity contribution is -0.126. The van der Waals surface area contributed by atoms with E-state index in [4.69, 9.17) is 15.5 Å². The van der Waals surface area contributed by atoms with Crippen LogP contribution in [-0.4, -0.2) is 29.6 Å². The summed E-state index contributed by atoms with van der Waals surface area (Å²) in [5.41, 5.74) is 9.65. The summed E-state index contributed by atoms with van der Waals surface area (Å²) in [5.74, 6) is -0.107. The van der Waals surface area contributed by atoms with Gasteiger partial charge in [0.05, 0.1) is 16.3 Å². The van der Waals surface area contributed by atoms with Crippen molar-refractivity contribution in [3.05, 3.63) is 48.0 Å². The highest BCUT2D eigenvalue weighted by molar-refractivity contribution is 7.21. The first kappa shape index (κ1) is 19.8. The minimum Gasteiger partial charge on any atom is -0.364 e. The quantitative estimate of drug-likeness (QED) is 0.686. The van der Waals surface area contributed by atoms with E-state index in [-0.39, 0.29) is 24.4 Å². The van der Waals surface area contributed by atoms with Crippen LogP contribution in [0.3, 0.4) is 0 Å². The number of thiazole rings is 1. The second-order valence-corrected chi connectivity index (χ2v) is 7.65. The summed E-state index contributed by atoms with van der Waals surface area (Å²) in [4.78, 5) is 17.0. The van der Waals surface area contributed by atoms with Crippen LogP contribution in [0.4, 0.5) is 5.69 Å². The topological polar surface area (TPSA) is 77.2 Å². The van der Waals surface area contributed by atoms with Gasteiger partial charge >= 0.3 is 0 Å². The van der Waals surface area contributed by atoms with Crippen LogP contribution in [0.1, 0.15) is 18.4 Å². The van der Waals surface area contributed by atoms with Crippen molar-refractivity contribution >= 4 is 45.6 Å². The molecule has 27 heavy (non-hydrogen) atoms. The molecule has 1 aliphatic rings. The number of hydrogen-bond acceptors (Lipinski definition) is 5. The molecule has 1 amide bonds. The van der Waals surface area contributed by atoms with Crippen LogP contribution in [0, 0.1) is 6.92 Å². The Morgan fingerprint density at radius 3 is 2.74 bits per heavy atom. The van der Waals surface area contributed by atoms with Gasteiger partial charge in [0.2, 0.25) is 0 Å². The molecule has 0 radical (unpaired) electrons. The van der Waals surface area contributed by atoms with Crippen molar-refractivity contribution in [1.82, 2.24) is 4.98 Å². The summed E-state index contributed by atoms with van der Waals surface area (Å²) in [6, 6.07) is 14.1. The molecule has 1 saturated heterocycles. The van der Waals surface area contributed by atoms with Crippen LogP contribution >= 0.6 is 23.7 Å². The van der Waals surface area contributed by atoms with E-state index < -0.39 is 6.10 Å². The van der Waals surface area contributed by atoms with Gasteiger partial charge in [-0.15, -0.1) is 23.7 Å². The third-order valence-corrected chi connectivity index (χ3v) is 5.67. The van der Waals surface area contributed by atoms with E-state index in [1.807, 2.05) is 24.3 Å². The Balaban J connectivity index is 0.00000210. The number of ether oxygens (including phenoxy) is 1. The number of aromatic nitrogens is 1. The van der Waals surface area contributed by atoms with Gasteiger partial charge in [-0.25, -0.2) is 4.98 Å². The van der Waals surface area contributed by atoms with Crippen LogP contribution in [0.5, 0.6) is 0 Å². The summed E-state index contributed by atoms with van der Waals surface area (Å²) in [6.07, 6.45) is 1.15. The number of anilines is 1. The van der Waals surface area contributed by atoms with E-state index in [1.165, 1.54) is 10.3 Å². The number of fused-ring (bicyclic) bond motifs is 1. The number of carbonyl (C=O) groups is 1. The van der Waals surface area contributed by atoms with Gasteiger partial charge in [-0.1, -0.05) is 6.07 Å². The third-order valence-electron chi connectivity index (χ3n) is 4.61. The molecular formula is C20H22ClN3O2S. The fourth-order valence-electron chi connectivity index (χ4n) is 3.15. The lowest BCUT2D eigenvalue weighted by Crippen LogP contribution is -2.29. The highest BCUT2D eigenvalue weighted by Gasteiger charge is 2.29. The molecule has 0 aliphatic carbocycles. The highest BCUT2D eigenvalue weighted by atomic mass is 35.5. The Hall–Kier alpha value is -1.99. The second-order valence-electron chi connectivity index (χ2n) is 6.62. The van der Waals surface area contributed by atoms with E-state index >= 15 is 0 Å². The van der Waals surface area contributed by atoms with Crippen molar-refractivity contribution in [3.8, 4) is 10.6 Å². The minimum atomic E-state index is -0.407. The largest absolute Gasteiger partial charge is 0.364 e. The molecule has 4 rings (SSSR count). The Morgan fingerprint density at radius 2 is 2.04 bits per heavy atom. The van der Waals surface area contributed by atoms with Crippen LogP contribution < -0.4 is 11.1 Å². The first-order valence-electron chi connectivity index (χ1n) is 8.76. The zero-order chi connectivity index (χ0) is 18.1. The average Bonchev–Trinajstić information content (AvgIpc) is 3.28. The van der Waals surface area contributed by atoms with Crippen molar-refractivity contribution in [2.75, 3.05) is 11.9 Å². The molecule has 0 saturated carbocycles. The van der Waals surface area contributed by atoms with Crippen molar-refractivity contribution in [2.45, 2.75) is 32.0 Å². The van der Waals surface area contributed by atoms with Crippen molar-refractivity contribution in [2.24, 2.45) is 5.73 Å². The van der Waals surface area contributed by atoms with Gasteiger partial charge in [0.25, 0.3) is 5.91 Å². The Morgan fingerprint density at radius 1 is 1.26 bits per heavy atom. The summed E-state index contributed by atoms with van der Waals surface area (Å²) in [5, 5.41) is 3.90. The molecule has 2 heterocycles. The minimum absolute atomic E-state index is 0. The highest BCUT2D eigenvalue weighted by Crippen LogP contribution is 2.31. The molecule has 1 fully saturated rings. The van der Waals surface area contributed by atoms with Crippen molar-refractivity contribution in [3.63, 3.8) is 0 Å². The number of amides is 1. The fraction of sp³-hybridized carbons (Fsp3) is 0.300. The molecule has 1 aliphatic heterocycles. The van der Waals surface area contributed by atoms with E-state index in [0.717, 1.165) is 34.6 Å². The van der Waals surface area contributed by atoms with Gasteiger partial charge < -0.3 is 15.8 Å². The number of nitrogens with one attached hydrogen (secondary N) is 1. The number of aryl methyl sites for hydroxylation is 1. The van der Waals surface area contributed by atoms with Gasteiger partial charge in [-0.2, -0.15) is 0 Å². The monoisotopic (exact) mass is 403 g/mol. The third kappa shape index (κ3) is 4.30. The first-order valence-corrected chi connectivity index (χ1v) is 9.58. The predicted octanol–water partition coefficient (Wildman–Crippen LogP) is 4.14. The average molecular weight is 404 g/mol. The van der Waals surface area contributed by atoms with Crippen LogP contribution in [0.15, 0.2) is 42.5 Å². The molecule has 0 bridgehead atoms. The van der Waals surface area contributed by atoms with Gasteiger partial charge in [0.15, 0.2) is 0 Å². The SMILES string of the molecule is Cc1ccc2nc(-c3ccc(NC(=O)[C@@H]4CC[C@H](CN)O4)cc3)sc2c1.Cl. The number of nitrogens with zero attached hydrogens (tertiary/aromatic N) is 1. The molecule has 0 spiro atoms. The molecule has 3 N–H and O–H groups in total. The van der Waals surface area contributed by atoms with Gasteiger partial charge in [-0.05, 0) is 61.7 Å². The second kappa shape index (κ2) is 8.35. The summed E-state index contributed by atoms with van der Waals surface area (Å²) in [7, 11) is 0. The maximum Gasteiger partial charge on any atom is 0.253 e. The zero-order valence-corrected chi connectivity index (χ0v) is 16.6. The lowest BCUT2D eigenvalue weighted by atomic mass is 10.1. The van der Waals surface area contributed by atoms with E-state index in [0.29, 0.717) is 6.54 Å². The summed E-state index contributed by atoms with van der Waals surface area (Å²) >= 11 is 1.68. The smallest absolute Gasteiger partial charge is 0.253 e. The van der Waals surface area contributed by atoms with E-state index in [2.05, 4.69) is 30.4 Å². The van der Waals surface area contributed by atoms with Crippen LogP contribution in [0.2, 0.25) is 0 Å². The maximum atomic E-state index is 12.3. The Labute approximate surface area is 168 Å². The number of rotatable bonds is 4. The normalized spacial score (nSPS) is 19.0. The van der Waals surface area contributed by atoms with Crippen LogP contribution in [-0.2, 0) is 9.53 Å².